The second-order valence-corrected chi connectivity index (χ2v) is 5.47. The summed E-state index contributed by atoms with van der Waals surface area (Å²) in [5.74, 6) is -0.696. The summed E-state index contributed by atoms with van der Waals surface area (Å²) in [6.07, 6.45) is 2.34. The lowest BCUT2D eigenvalue weighted by atomic mass is 10.0. The van der Waals surface area contributed by atoms with Gasteiger partial charge in [-0.2, -0.15) is 0 Å². The molecule has 8 heteroatoms. The molecule has 21 heavy (non-hydrogen) atoms. The Bertz CT molecular complexity index is 514. The Balaban J connectivity index is 1.92. The van der Waals surface area contributed by atoms with Crippen molar-refractivity contribution in [3.63, 3.8) is 0 Å². The lowest BCUT2D eigenvalue weighted by Gasteiger charge is -2.31. The van der Waals surface area contributed by atoms with Crippen LogP contribution < -0.4 is 5.32 Å². The molecule has 1 atom stereocenters. The monoisotopic (exact) mass is 296 g/mol. The van der Waals surface area contributed by atoms with Gasteiger partial charge in [-0.3, -0.25) is 19.8 Å². The highest BCUT2D eigenvalue weighted by molar-refractivity contribution is 5.90. The molecule has 1 aromatic heterocycles. The van der Waals surface area contributed by atoms with E-state index >= 15 is 0 Å². The number of aliphatic carboxylic acids is 1. The third-order valence-corrected chi connectivity index (χ3v) is 3.43. The van der Waals surface area contributed by atoms with E-state index in [0.29, 0.717) is 18.9 Å². The lowest BCUT2D eigenvalue weighted by molar-refractivity contribution is -0.145. The van der Waals surface area contributed by atoms with Crippen molar-refractivity contribution in [2.45, 2.75) is 45.1 Å². The zero-order valence-corrected chi connectivity index (χ0v) is 12.2. The fraction of sp³-hybridized carbons (Fsp3) is 0.692. The van der Waals surface area contributed by atoms with Gasteiger partial charge in [0, 0.05) is 5.92 Å². The molecule has 1 unspecified atom stereocenters. The van der Waals surface area contributed by atoms with E-state index in [1.807, 2.05) is 13.8 Å². The minimum absolute atomic E-state index is 0.0103. The second-order valence-electron chi connectivity index (χ2n) is 5.47. The average Bonchev–Trinajstić information content (AvgIpc) is 2.87. The zero-order valence-electron chi connectivity index (χ0n) is 12.2. The van der Waals surface area contributed by atoms with Gasteiger partial charge in [-0.25, -0.2) is 0 Å². The van der Waals surface area contributed by atoms with Crippen molar-refractivity contribution in [1.29, 1.82) is 0 Å². The number of rotatable bonds is 5. The van der Waals surface area contributed by atoms with E-state index in [1.165, 1.54) is 0 Å². The molecule has 116 valence electrons. The van der Waals surface area contributed by atoms with Gasteiger partial charge in [0.25, 0.3) is 0 Å². The fourth-order valence-electron chi connectivity index (χ4n) is 2.32. The number of amides is 1. The van der Waals surface area contributed by atoms with Gasteiger partial charge in [0.2, 0.25) is 11.8 Å². The van der Waals surface area contributed by atoms with Crippen LogP contribution in [-0.2, 0) is 9.59 Å². The summed E-state index contributed by atoms with van der Waals surface area (Å²) in [6, 6.07) is -0.550. The molecular formula is C13H20N4O4. The predicted molar refractivity (Wildman–Crippen MR) is 73.9 cm³/mol. The number of nitrogens with zero attached hydrogens (tertiary/aromatic N) is 3. The third-order valence-electron chi connectivity index (χ3n) is 3.43. The van der Waals surface area contributed by atoms with E-state index in [9.17, 15) is 9.59 Å². The van der Waals surface area contributed by atoms with Crippen molar-refractivity contribution < 1.29 is 19.1 Å². The van der Waals surface area contributed by atoms with E-state index in [2.05, 4.69) is 15.5 Å². The lowest BCUT2D eigenvalue weighted by Crippen LogP contribution is -2.47. The van der Waals surface area contributed by atoms with Crippen molar-refractivity contribution in [3.8, 4) is 0 Å². The highest BCUT2D eigenvalue weighted by atomic mass is 16.4. The number of hydrogen-bond donors (Lipinski definition) is 2. The summed E-state index contributed by atoms with van der Waals surface area (Å²) in [5.41, 5.74) is 0. The molecule has 0 radical (unpaired) electrons. The Kier molecular flexibility index (Phi) is 4.89. The summed E-state index contributed by atoms with van der Waals surface area (Å²) < 4.78 is 5.29. The molecule has 0 saturated carbocycles. The van der Waals surface area contributed by atoms with Crippen LogP contribution in [0.1, 0.15) is 44.9 Å². The Morgan fingerprint density at radius 2 is 2.19 bits per heavy atom. The number of carbonyl (C=O) groups excluding carboxylic acids is 1. The van der Waals surface area contributed by atoms with Crippen LogP contribution in [0.4, 0.5) is 6.01 Å². The van der Waals surface area contributed by atoms with Gasteiger partial charge in [0.05, 0.1) is 6.54 Å². The summed E-state index contributed by atoms with van der Waals surface area (Å²) in [7, 11) is 0. The molecule has 2 rings (SSSR count). The van der Waals surface area contributed by atoms with Gasteiger partial charge in [0.1, 0.15) is 6.04 Å². The maximum atomic E-state index is 12.0. The predicted octanol–water partition coefficient (Wildman–Crippen LogP) is 1.07. The summed E-state index contributed by atoms with van der Waals surface area (Å²) in [6.45, 7) is 4.43. The molecule has 1 amide bonds. The van der Waals surface area contributed by atoms with Crippen LogP contribution in [0.25, 0.3) is 0 Å². The molecule has 0 spiro atoms. The first-order valence-corrected chi connectivity index (χ1v) is 7.07. The largest absolute Gasteiger partial charge is 0.480 e. The molecule has 1 aliphatic rings. The molecule has 2 N–H and O–H groups in total. The molecule has 0 aliphatic carbocycles. The van der Waals surface area contributed by atoms with Crippen LogP contribution in [0.3, 0.4) is 0 Å². The number of aromatic nitrogens is 2. The topological polar surface area (TPSA) is 109 Å². The first-order chi connectivity index (χ1) is 9.97. The Morgan fingerprint density at radius 1 is 1.43 bits per heavy atom. The zero-order chi connectivity index (χ0) is 15.4. The molecule has 1 aliphatic heterocycles. The number of hydrogen-bond acceptors (Lipinski definition) is 6. The first kappa shape index (κ1) is 15.4. The number of carbonyl (C=O) groups is 2. The number of carboxylic acids is 1. The van der Waals surface area contributed by atoms with Crippen LogP contribution in [0.5, 0.6) is 0 Å². The summed E-state index contributed by atoms with van der Waals surface area (Å²) in [5, 5.41) is 19.2. The van der Waals surface area contributed by atoms with E-state index in [-0.39, 0.29) is 24.4 Å². The molecule has 8 nitrogen and oxygen atoms in total. The molecule has 2 heterocycles. The number of likely N-dealkylation sites (tertiary alicyclic amines) is 1. The molecular weight excluding hydrogens is 276 g/mol. The van der Waals surface area contributed by atoms with Crippen molar-refractivity contribution in [2.24, 2.45) is 0 Å². The number of piperidine rings is 1. The molecule has 1 aromatic rings. The molecule has 1 fully saturated rings. The summed E-state index contributed by atoms with van der Waals surface area (Å²) >= 11 is 0. The van der Waals surface area contributed by atoms with Crippen LogP contribution in [-0.4, -0.2) is 51.2 Å². The van der Waals surface area contributed by atoms with Gasteiger partial charge >= 0.3 is 12.0 Å². The quantitative estimate of drug-likeness (QED) is 0.836. The van der Waals surface area contributed by atoms with Gasteiger partial charge < -0.3 is 9.52 Å². The highest BCUT2D eigenvalue weighted by Gasteiger charge is 2.29. The van der Waals surface area contributed by atoms with E-state index in [0.717, 1.165) is 12.8 Å². The minimum atomic E-state index is -0.887. The van der Waals surface area contributed by atoms with Crippen molar-refractivity contribution in [3.05, 3.63) is 5.89 Å². The van der Waals surface area contributed by atoms with Gasteiger partial charge in [0.15, 0.2) is 0 Å². The van der Waals surface area contributed by atoms with Crippen LogP contribution in [0.2, 0.25) is 0 Å². The van der Waals surface area contributed by atoms with Gasteiger partial charge in [-0.05, 0) is 19.4 Å². The normalized spacial score (nSPS) is 19.7. The standard InChI is InChI=1S/C13H20N4O4/c1-8(2)11-15-16-13(21-11)14-10(18)7-17-6-4-3-5-9(17)12(19)20/h8-9H,3-7H2,1-2H3,(H,19,20)(H,14,16,18). The maximum absolute atomic E-state index is 12.0. The van der Waals surface area contributed by atoms with Gasteiger partial charge in [-0.1, -0.05) is 25.4 Å². The van der Waals surface area contributed by atoms with Crippen molar-refractivity contribution >= 4 is 17.9 Å². The van der Waals surface area contributed by atoms with E-state index < -0.39 is 12.0 Å². The van der Waals surface area contributed by atoms with Crippen LogP contribution in [0.15, 0.2) is 4.42 Å². The van der Waals surface area contributed by atoms with Crippen molar-refractivity contribution in [2.75, 3.05) is 18.4 Å². The second kappa shape index (κ2) is 6.66. The van der Waals surface area contributed by atoms with Crippen LogP contribution in [0, 0.1) is 0 Å². The minimum Gasteiger partial charge on any atom is -0.480 e. The SMILES string of the molecule is CC(C)c1nnc(NC(=O)CN2CCCCC2C(=O)O)o1. The Morgan fingerprint density at radius 3 is 2.81 bits per heavy atom. The average molecular weight is 296 g/mol. The maximum Gasteiger partial charge on any atom is 0.322 e. The van der Waals surface area contributed by atoms with Crippen molar-refractivity contribution in [1.82, 2.24) is 15.1 Å². The molecule has 0 aromatic carbocycles. The highest BCUT2D eigenvalue weighted by Crippen LogP contribution is 2.18. The molecule has 0 bridgehead atoms. The van der Waals surface area contributed by atoms with Crippen LogP contribution >= 0.6 is 0 Å². The fourth-order valence-corrected chi connectivity index (χ4v) is 2.32. The third kappa shape index (κ3) is 4.01. The Hall–Kier alpha value is -1.96. The summed E-state index contributed by atoms with van der Waals surface area (Å²) in [4.78, 5) is 24.8. The first-order valence-electron chi connectivity index (χ1n) is 7.07. The van der Waals surface area contributed by atoms with E-state index in [1.54, 1.807) is 4.90 Å². The molecule has 1 saturated heterocycles. The number of carboxylic acid groups (broad SMARTS) is 1. The Labute approximate surface area is 122 Å². The smallest absolute Gasteiger partial charge is 0.322 e. The number of nitrogens with one attached hydrogen (secondary N) is 1. The van der Waals surface area contributed by atoms with Gasteiger partial charge in [-0.15, -0.1) is 5.10 Å². The number of anilines is 1. The van der Waals surface area contributed by atoms with E-state index in [4.69, 9.17) is 9.52 Å².